The Bertz CT molecular complexity index is 353. The highest BCUT2D eigenvalue weighted by molar-refractivity contribution is 5.43. The Hall–Kier alpha value is -1.77. The molecule has 0 fully saturated rings. The average Bonchev–Trinajstić information content (AvgIpc) is 2.71. The Kier molecular flexibility index (Phi) is 2.00. The van der Waals surface area contributed by atoms with Crippen molar-refractivity contribution in [1.82, 2.24) is 9.66 Å². The van der Waals surface area contributed by atoms with Gasteiger partial charge in [-0.15, -0.1) is 0 Å². The minimum absolute atomic E-state index is 1.12. The molecule has 0 aliphatic heterocycles. The summed E-state index contributed by atoms with van der Waals surface area (Å²) in [6.45, 7) is 0. The van der Waals surface area contributed by atoms with Gasteiger partial charge in [-0.3, -0.25) is 14.7 Å². The summed E-state index contributed by atoms with van der Waals surface area (Å²) < 4.78 is 2.01. The maximum Gasteiger partial charge on any atom is 0.0605 e. The van der Waals surface area contributed by atoms with Gasteiger partial charge in [-0.2, -0.15) is 0 Å². The highest BCUT2D eigenvalue weighted by atomic mass is 15.5. The quantitative estimate of drug-likeness (QED) is 0.690. The molecular weight excluding hydrogens is 162 g/mol. The zero-order chi connectivity index (χ0) is 9.10. The van der Waals surface area contributed by atoms with Gasteiger partial charge in [0.05, 0.1) is 5.69 Å². The molecule has 0 radical (unpaired) electrons. The van der Waals surface area contributed by atoms with Gasteiger partial charge in [0.25, 0.3) is 0 Å². The molecule has 0 aliphatic carbocycles. The third-order valence-electron chi connectivity index (χ3n) is 1.97. The molecule has 0 amide bonds. The van der Waals surface area contributed by atoms with Crippen LogP contribution >= 0.6 is 0 Å². The lowest BCUT2D eigenvalue weighted by Crippen LogP contribution is -2.22. The van der Waals surface area contributed by atoms with Crippen LogP contribution in [0.5, 0.6) is 0 Å². The van der Waals surface area contributed by atoms with Crippen molar-refractivity contribution in [3.63, 3.8) is 0 Å². The summed E-state index contributed by atoms with van der Waals surface area (Å²) >= 11 is 0. The first-order valence-electron chi connectivity index (χ1n) is 4.15. The minimum Gasteiger partial charge on any atom is -0.285 e. The van der Waals surface area contributed by atoms with Gasteiger partial charge in [0.15, 0.2) is 0 Å². The summed E-state index contributed by atoms with van der Waals surface area (Å²) in [6, 6.07) is 7.94. The van der Waals surface area contributed by atoms with E-state index in [4.69, 9.17) is 0 Å². The molecule has 2 aromatic heterocycles. The van der Waals surface area contributed by atoms with E-state index in [9.17, 15) is 0 Å². The van der Waals surface area contributed by atoms with Crippen molar-refractivity contribution < 1.29 is 0 Å². The smallest absolute Gasteiger partial charge is 0.0605 e. The molecule has 0 bridgehead atoms. The number of nitrogens with zero attached hydrogens (tertiary/aromatic N) is 3. The molecule has 3 heteroatoms. The van der Waals surface area contributed by atoms with Crippen molar-refractivity contribution in [3.8, 4) is 0 Å². The highest BCUT2D eigenvalue weighted by Gasteiger charge is 1.98. The number of pyridine rings is 1. The van der Waals surface area contributed by atoms with Crippen molar-refractivity contribution in [3.05, 3.63) is 49.1 Å². The van der Waals surface area contributed by atoms with Gasteiger partial charge >= 0.3 is 0 Å². The number of rotatable bonds is 2. The molecule has 0 aliphatic rings. The van der Waals surface area contributed by atoms with Crippen LogP contribution in [0.2, 0.25) is 0 Å². The number of anilines is 1. The molecule has 2 aromatic rings. The zero-order valence-corrected chi connectivity index (χ0v) is 7.46. The molecule has 13 heavy (non-hydrogen) atoms. The van der Waals surface area contributed by atoms with Crippen LogP contribution in [0.25, 0.3) is 0 Å². The highest BCUT2D eigenvalue weighted by Crippen LogP contribution is 2.10. The lowest BCUT2D eigenvalue weighted by Gasteiger charge is -2.20. The van der Waals surface area contributed by atoms with Gasteiger partial charge in [-0.1, -0.05) is 0 Å². The Morgan fingerprint density at radius 1 is 1.15 bits per heavy atom. The molecule has 0 spiro atoms. The van der Waals surface area contributed by atoms with Gasteiger partial charge in [-0.25, -0.2) is 0 Å². The summed E-state index contributed by atoms with van der Waals surface area (Å²) in [4.78, 5) is 3.97. The van der Waals surface area contributed by atoms with Crippen LogP contribution in [0.3, 0.4) is 0 Å². The fraction of sp³-hybridized carbons (Fsp3) is 0.100. The fourth-order valence-electron chi connectivity index (χ4n) is 1.22. The van der Waals surface area contributed by atoms with E-state index in [0.717, 1.165) is 5.69 Å². The summed E-state index contributed by atoms with van der Waals surface area (Å²) in [5.74, 6) is 0. The second kappa shape index (κ2) is 3.31. The molecule has 0 saturated carbocycles. The molecule has 66 valence electrons. The van der Waals surface area contributed by atoms with Crippen molar-refractivity contribution in [2.24, 2.45) is 0 Å². The molecule has 3 nitrogen and oxygen atoms in total. The molecule has 2 heterocycles. The first kappa shape index (κ1) is 7.86. The van der Waals surface area contributed by atoms with Gasteiger partial charge in [-0.05, 0) is 24.3 Å². The summed E-state index contributed by atoms with van der Waals surface area (Å²) in [5.41, 5.74) is 1.12. The molecule has 0 N–H and O–H groups in total. The molecule has 0 atom stereocenters. The Labute approximate surface area is 77.2 Å². The molecule has 2 rings (SSSR count). The third kappa shape index (κ3) is 1.54. The van der Waals surface area contributed by atoms with Crippen LogP contribution in [-0.4, -0.2) is 16.7 Å². The van der Waals surface area contributed by atoms with Crippen LogP contribution < -0.4 is 5.01 Å². The van der Waals surface area contributed by atoms with Gasteiger partial charge < -0.3 is 0 Å². The van der Waals surface area contributed by atoms with Crippen LogP contribution in [0.1, 0.15) is 0 Å². The van der Waals surface area contributed by atoms with Crippen LogP contribution in [-0.2, 0) is 0 Å². The maximum atomic E-state index is 3.97. The third-order valence-corrected chi connectivity index (χ3v) is 1.97. The van der Waals surface area contributed by atoms with Crippen molar-refractivity contribution in [2.75, 3.05) is 12.1 Å². The predicted molar refractivity (Wildman–Crippen MR) is 52.5 cm³/mol. The number of aromatic nitrogens is 2. The van der Waals surface area contributed by atoms with E-state index in [0.29, 0.717) is 0 Å². The first-order valence-corrected chi connectivity index (χ1v) is 4.15. The Balaban J connectivity index is 2.29. The number of hydrogen-bond donors (Lipinski definition) is 0. The van der Waals surface area contributed by atoms with E-state index < -0.39 is 0 Å². The Morgan fingerprint density at radius 2 is 1.77 bits per heavy atom. The van der Waals surface area contributed by atoms with Gasteiger partial charge in [0.1, 0.15) is 0 Å². The van der Waals surface area contributed by atoms with Gasteiger partial charge in [0, 0.05) is 31.8 Å². The second-order valence-corrected chi connectivity index (χ2v) is 2.79. The summed E-state index contributed by atoms with van der Waals surface area (Å²) in [7, 11) is 2.01. The first-order chi connectivity index (χ1) is 6.38. The van der Waals surface area contributed by atoms with Crippen molar-refractivity contribution in [1.29, 1.82) is 0 Å². The van der Waals surface area contributed by atoms with Crippen molar-refractivity contribution in [2.45, 2.75) is 0 Å². The maximum absolute atomic E-state index is 3.97. The minimum atomic E-state index is 1.12. The lowest BCUT2D eigenvalue weighted by molar-refractivity contribution is 0.779. The van der Waals surface area contributed by atoms with E-state index in [1.54, 1.807) is 12.4 Å². The van der Waals surface area contributed by atoms with E-state index >= 15 is 0 Å². The summed E-state index contributed by atoms with van der Waals surface area (Å²) in [5, 5.41) is 2.04. The van der Waals surface area contributed by atoms with E-state index in [1.807, 2.05) is 53.4 Å². The molecule has 0 aromatic carbocycles. The van der Waals surface area contributed by atoms with Crippen LogP contribution in [0.15, 0.2) is 49.1 Å². The second-order valence-electron chi connectivity index (χ2n) is 2.79. The lowest BCUT2D eigenvalue weighted by atomic mass is 10.4. The fourth-order valence-corrected chi connectivity index (χ4v) is 1.22. The van der Waals surface area contributed by atoms with E-state index in [2.05, 4.69) is 4.98 Å². The van der Waals surface area contributed by atoms with E-state index in [1.165, 1.54) is 0 Å². The normalized spacial score (nSPS) is 9.92. The average molecular weight is 173 g/mol. The largest absolute Gasteiger partial charge is 0.285 e. The Morgan fingerprint density at radius 3 is 2.38 bits per heavy atom. The molecular formula is C10H11N3. The number of hydrogen-bond acceptors (Lipinski definition) is 2. The van der Waals surface area contributed by atoms with Gasteiger partial charge in [0.2, 0.25) is 0 Å². The zero-order valence-electron chi connectivity index (χ0n) is 7.46. The molecule has 0 saturated heterocycles. The summed E-state index contributed by atoms with van der Waals surface area (Å²) in [6.07, 6.45) is 7.57. The monoisotopic (exact) mass is 173 g/mol. The van der Waals surface area contributed by atoms with Crippen LogP contribution in [0.4, 0.5) is 5.69 Å². The predicted octanol–water partition coefficient (Wildman–Crippen LogP) is 1.78. The standard InChI is InChI=1S/C10H11N3/c1-12(13-8-2-3-9-13)10-4-6-11-7-5-10/h2-9H,1H3. The van der Waals surface area contributed by atoms with E-state index in [-0.39, 0.29) is 0 Å². The van der Waals surface area contributed by atoms with Crippen LogP contribution in [0, 0.1) is 0 Å². The molecule has 0 unspecified atom stereocenters. The van der Waals surface area contributed by atoms with Crippen molar-refractivity contribution >= 4 is 5.69 Å². The SMILES string of the molecule is CN(c1ccncc1)n1cccc1. The topological polar surface area (TPSA) is 21.1 Å².